The highest BCUT2D eigenvalue weighted by Crippen LogP contribution is 2.26. The molecule has 0 aromatic carbocycles. The summed E-state index contributed by atoms with van der Waals surface area (Å²) in [6.07, 6.45) is 0.789. The van der Waals surface area contributed by atoms with E-state index in [4.69, 9.17) is 5.84 Å². The van der Waals surface area contributed by atoms with E-state index in [1.807, 2.05) is 13.0 Å². The van der Waals surface area contributed by atoms with E-state index in [0.717, 1.165) is 24.6 Å². The first-order valence-electron chi connectivity index (χ1n) is 6.47. The fraction of sp³-hybridized carbons (Fsp3) is 0.692. The van der Waals surface area contributed by atoms with Gasteiger partial charge >= 0.3 is 0 Å². The number of aryl methyl sites for hydroxylation is 1. The van der Waals surface area contributed by atoms with Crippen molar-refractivity contribution in [2.45, 2.75) is 41.0 Å². The van der Waals surface area contributed by atoms with E-state index in [-0.39, 0.29) is 5.41 Å². The maximum atomic E-state index is 5.40. The van der Waals surface area contributed by atoms with Crippen LogP contribution in [0.2, 0.25) is 0 Å². The summed E-state index contributed by atoms with van der Waals surface area (Å²) in [5.41, 5.74) is 2.79. The molecule has 0 aliphatic carbocycles. The Bertz CT molecular complexity index is 365. The SMILES string of the molecule is CCc1nc(NN)cc(NCC(C)(C)C(C)C)n1. The zero-order valence-electron chi connectivity index (χ0n) is 12.0. The summed E-state index contributed by atoms with van der Waals surface area (Å²) in [5, 5.41) is 3.37. The van der Waals surface area contributed by atoms with Crippen molar-refractivity contribution in [2.24, 2.45) is 17.2 Å². The Kier molecular flexibility index (Phi) is 4.90. The highest BCUT2D eigenvalue weighted by molar-refractivity contribution is 5.47. The van der Waals surface area contributed by atoms with E-state index < -0.39 is 0 Å². The first-order chi connectivity index (χ1) is 8.39. The van der Waals surface area contributed by atoms with Crippen LogP contribution in [0.1, 0.15) is 40.4 Å². The van der Waals surface area contributed by atoms with Crippen molar-refractivity contribution in [3.05, 3.63) is 11.9 Å². The van der Waals surface area contributed by atoms with Gasteiger partial charge in [0.25, 0.3) is 0 Å². The molecule has 4 N–H and O–H groups in total. The maximum absolute atomic E-state index is 5.40. The zero-order valence-corrected chi connectivity index (χ0v) is 12.0. The van der Waals surface area contributed by atoms with Gasteiger partial charge in [0, 0.05) is 19.0 Å². The van der Waals surface area contributed by atoms with Gasteiger partial charge in [0.05, 0.1) is 0 Å². The molecule has 0 bridgehead atoms. The zero-order chi connectivity index (χ0) is 13.8. The molecule has 1 heterocycles. The third-order valence-electron chi connectivity index (χ3n) is 3.52. The third-order valence-corrected chi connectivity index (χ3v) is 3.52. The van der Waals surface area contributed by atoms with E-state index in [2.05, 4.69) is 48.4 Å². The number of anilines is 2. The first-order valence-corrected chi connectivity index (χ1v) is 6.47. The average Bonchev–Trinajstić information content (AvgIpc) is 2.35. The van der Waals surface area contributed by atoms with Crippen LogP contribution in [0.5, 0.6) is 0 Å². The number of hydrogen-bond donors (Lipinski definition) is 3. The van der Waals surface area contributed by atoms with Crippen molar-refractivity contribution in [1.82, 2.24) is 9.97 Å². The lowest BCUT2D eigenvalue weighted by molar-refractivity contribution is 0.269. The standard InChI is InChI=1S/C13H25N5/c1-6-10-16-11(7-12(17-10)18-14)15-8-13(4,5)9(2)3/h7,9H,6,8,14H2,1-5H3,(H2,15,16,17,18). The Morgan fingerprint density at radius 1 is 1.28 bits per heavy atom. The molecule has 0 radical (unpaired) electrons. The monoisotopic (exact) mass is 251 g/mol. The molecule has 0 unspecified atom stereocenters. The highest BCUT2D eigenvalue weighted by atomic mass is 15.3. The number of aromatic nitrogens is 2. The topological polar surface area (TPSA) is 75.9 Å². The van der Waals surface area contributed by atoms with Crippen LogP contribution in [0.3, 0.4) is 0 Å². The lowest BCUT2D eigenvalue weighted by Crippen LogP contribution is -2.29. The molecule has 1 aromatic heterocycles. The number of hydrogen-bond acceptors (Lipinski definition) is 5. The summed E-state index contributed by atoms with van der Waals surface area (Å²) in [7, 11) is 0. The summed E-state index contributed by atoms with van der Waals surface area (Å²) >= 11 is 0. The predicted octanol–water partition coefficient (Wildman–Crippen LogP) is 2.42. The molecule has 0 saturated heterocycles. The Balaban J connectivity index is 2.78. The van der Waals surface area contributed by atoms with Gasteiger partial charge in [-0.15, -0.1) is 0 Å². The quantitative estimate of drug-likeness (QED) is 0.535. The van der Waals surface area contributed by atoms with Gasteiger partial charge in [-0.3, -0.25) is 0 Å². The molecule has 0 atom stereocenters. The highest BCUT2D eigenvalue weighted by Gasteiger charge is 2.22. The van der Waals surface area contributed by atoms with E-state index >= 15 is 0 Å². The van der Waals surface area contributed by atoms with E-state index in [1.54, 1.807) is 0 Å². The summed E-state index contributed by atoms with van der Waals surface area (Å²) in [6.45, 7) is 11.8. The molecule has 0 amide bonds. The molecule has 0 fully saturated rings. The van der Waals surface area contributed by atoms with Gasteiger partial charge in [0.1, 0.15) is 17.5 Å². The first kappa shape index (κ1) is 14.7. The van der Waals surface area contributed by atoms with E-state index in [1.165, 1.54) is 0 Å². The molecule has 18 heavy (non-hydrogen) atoms. The minimum atomic E-state index is 0.216. The summed E-state index contributed by atoms with van der Waals surface area (Å²) in [4.78, 5) is 8.71. The Labute approximate surface area is 110 Å². The molecule has 0 aliphatic heterocycles. The Hall–Kier alpha value is -1.36. The summed E-state index contributed by atoms with van der Waals surface area (Å²) < 4.78 is 0. The van der Waals surface area contributed by atoms with Crippen LogP contribution in [0.25, 0.3) is 0 Å². The lowest BCUT2D eigenvalue weighted by Gasteiger charge is -2.29. The van der Waals surface area contributed by atoms with Crippen molar-refractivity contribution in [3.8, 4) is 0 Å². The van der Waals surface area contributed by atoms with Gasteiger partial charge < -0.3 is 10.7 Å². The van der Waals surface area contributed by atoms with Gasteiger partial charge in [0.15, 0.2) is 0 Å². The fourth-order valence-corrected chi connectivity index (χ4v) is 1.34. The molecule has 102 valence electrons. The van der Waals surface area contributed by atoms with Crippen LogP contribution in [-0.2, 0) is 6.42 Å². The maximum Gasteiger partial charge on any atom is 0.145 e. The van der Waals surface area contributed by atoms with Gasteiger partial charge in [-0.05, 0) is 11.3 Å². The van der Waals surface area contributed by atoms with Crippen LogP contribution in [0.15, 0.2) is 6.07 Å². The van der Waals surface area contributed by atoms with Crippen LogP contribution in [0, 0.1) is 11.3 Å². The molecule has 5 nitrogen and oxygen atoms in total. The second-order valence-electron chi connectivity index (χ2n) is 5.55. The van der Waals surface area contributed by atoms with Crippen LogP contribution in [-0.4, -0.2) is 16.5 Å². The number of nitrogen functional groups attached to an aromatic ring is 1. The Morgan fingerprint density at radius 2 is 1.89 bits per heavy atom. The third kappa shape index (κ3) is 3.84. The fourth-order valence-electron chi connectivity index (χ4n) is 1.34. The molecule has 1 rings (SSSR count). The van der Waals surface area contributed by atoms with E-state index in [0.29, 0.717) is 11.7 Å². The lowest BCUT2D eigenvalue weighted by atomic mass is 9.81. The van der Waals surface area contributed by atoms with Gasteiger partial charge in [-0.1, -0.05) is 34.6 Å². The molecule has 0 saturated carbocycles. The minimum absolute atomic E-state index is 0.216. The van der Waals surface area contributed by atoms with Gasteiger partial charge in [-0.2, -0.15) is 0 Å². The molecular formula is C13H25N5. The molecule has 0 aliphatic rings. The second kappa shape index (κ2) is 6.00. The second-order valence-corrected chi connectivity index (χ2v) is 5.55. The van der Waals surface area contributed by atoms with Crippen molar-refractivity contribution < 1.29 is 0 Å². The normalized spacial score (nSPS) is 11.7. The number of rotatable bonds is 6. The number of nitrogens with zero attached hydrogens (tertiary/aromatic N) is 2. The van der Waals surface area contributed by atoms with Crippen LogP contribution >= 0.6 is 0 Å². The van der Waals surface area contributed by atoms with Crippen molar-refractivity contribution in [2.75, 3.05) is 17.3 Å². The van der Waals surface area contributed by atoms with Crippen LogP contribution in [0.4, 0.5) is 11.6 Å². The van der Waals surface area contributed by atoms with Gasteiger partial charge in [0.2, 0.25) is 0 Å². The van der Waals surface area contributed by atoms with E-state index in [9.17, 15) is 0 Å². The van der Waals surface area contributed by atoms with Gasteiger partial charge in [-0.25, -0.2) is 15.8 Å². The number of nitrogens with two attached hydrogens (primary N) is 1. The molecule has 5 heteroatoms. The number of hydrazine groups is 1. The predicted molar refractivity (Wildman–Crippen MR) is 76.3 cm³/mol. The smallest absolute Gasteiger partial charge is 0.145 e. The van der Waals surface area contributed by atoms with Crippen molar-refractivity contribution in [1.29, 1.82) is 0 Å². The average molecular weight is 251 g/mol. The Morgan fingerprint density at radius 3 is 2.39 bits per heavy atom. The van der Waals surface area contributed by atoms with Crippen molar-refractivity contribution >= 4 is 11.6 Å². The molecular weight excluding hydrogens is 226 g/mol. The molecule has 0 spiro atoms. The van der Waals surface area contributed by atoms with Crippen LogP contribution < -0.4 is 16.6 Å². The summed E-state index contributed by atoms with van der Waals surface area (Å²) in [6, 6.07) is 1.83. The molecule has 1 aromatic rings. The summed E-state index contributed by atoms with van der Waals surface area (Å²) in [5.74, 6) is 8.26. The minimum Gasteiger partial charge on any atom is -0.369 e. The largest absolute Gasteiger partial charge is 0.369 e. The number of nitrogens with one attached hydrogen (secondary N) is 2. The van der Waals surface area contributed by atoms with Crippen molar-refractivity contribution in [3.63, 3.8) is 0 Å².